The number of alkyl halides is 3. The molecule has 5 nitrogen and oxygen atoms in total. The number of hydrogen-bond acceptors (Lipinski definition) is 4. The first-order valence-corrected chi connectivity index (χ1v) is 13.2. The number of nitrogens with one attached hydrogen (secondary N) is 1. The number of aromatic nitrogens is 1. The zero-order valence-corrected chi connectivity index (χ0v) is 21.2. The van der Waals surface area contributed by atoms with E-state index in [0.717, 1.165) is 72.1 Å². The summed E-state index contributed by atoms with van der Waals surface area (Å²) in [5.41, 5.74) is 9.69. The Balaban J connectivity index is 1.32. The van der Waals surface area contributed by atoms with Crippen LogP contribution in [0, 0.1) is 5.82 Å². The highest BCUT2D eigenvalue weighted by Crippen LogP contribution is 2.45. The number of hydrogen-bond donors (Lipinski definition) is 2. The molecule has 0 radical (unpaired) electrons. The molecule has 1 saturated carbocycles. The van der Waals surface area contributed by atoms with E-state index in [4.69, 9.17) is 15.2 Å². The van der Waals surface area contributed by atoms with E-state index < -0.39 is 17.6 Å². The molecular weight excluding hydrogens is 510 g/mol. The Bertz CT molecular complexity index is 1490. The molecule has 9 heteroatoms. The van der Waals surface area contributed by atoms with Crippen LogP contribution in [0.25, 0.3) is 22.2 Å². The molecule has 39 heavy (non-hydrogen) atoms. The van der Waals surface area contributed by atoms with Gasteiger partial charge in [0.15, 0.2) is 0 Å². The average molecular weight is 540 g/mol. The maximum absolute atomic E-state index is 13.7. The van der Waals surface area contributed by atoms with Crippen LogP contribution in [-0.4, -0.2) is 23.9 Å². The van der Waals surface area contributed by atoms with Gasteiger partial charge in [-0.25, -0.2) is 4.39 Å². The SMILES string of the molecule is Nc1c(-c2ccc(Nc3ccc(F)c(C(F)(F)F)c3)cc2)n(C2CCC2)c2cc(OC3CCOCC3)ccc12. The Labute approximate surface area is 223 Å². The van der Waals surface area contributed by atoms with Gasteiger partial charge in [-0.1, -0.05) is 12.1 Å². The molecule has 2 heterocycles. The summed E-state index contributed by atoms with van der Waals surface area (Å²) in [6.45, 7) is 1.41. The van der Waals surface area contributed by atoms with Crippen molar-refractivity contribution in [3.05, 3.63) is 72.0 Å². The molecule has 4 aromatic rings. The summed E-state index contributed by atoms with van der Waals surface area (Å²) in [6.07, 6.45) is 0.375. The van der Waals surface area contributed by atoms with Crippen LogP contribution in [0.1, 0.15) is 43.7 Å². The first-order valence-electron chi connectivity index (χ1n) is 13.2. The molecule has 204 valence electrons. The van der Waals surface area contributed by atoms with Crippen LogP contribution < -0.4 is 15.8 Å². The number of anilines is 3. The van der Waals surface area contributed by atoms with Gasteiger partial charge in [0, 0.05) is 47.3 Å². The van der Waals surface area contributed by atoms with Gasteiger partial charge in [0.1, 0.15) is 17.7 Å². The van der Waals surface area contributed by atoms with Gasteiger partial charge in [-0.05, 0) is 61.7 Å². The molecular formula is C30H29F4N3O2. The lowest BCUT2D eigenvalue weighted by Crippen LogP contribution is -2.25. The van der Waals surface area contributed by atoms with E-state index in [9.17, 15) is 17.6 Å². The highest BCUT2D eigenvalue weighted by atomic mass is 19.4. The lowest BCUT2D eigenvalue weighted by Gasteiger charge is -2.30. The molecule has 0 unspecified atom stereocenters. The van der Waals surface area contributed by atoms with E-state index in [-0.39, 0.29) is 11.8 Å². The lowest BCUT2D eigenvalue weighted by atomic mass is 9.92. The lowest BCUT2D eigenvalue weighted by molar-refractivity contribution is -0.139. The maximum Gasteiger partial charge on any atom is 0.419 e. The van der Waals surface area contributed by atoms with Gasteiger partial charge in [0.25, 0.3) is 0 Å². The van der Waals surface area contributed by atoms with E-state index in [0.29, 0.717) is 30.6 Å². The van der Waals surface area contributed by atoms with Gasteiger partial charge in [-0.3, -0.25) is 0 Å². The van der Waals surface area contributed by atoms with Crippen LogP contribution in [-0.2, 0) is 10.9 Å². The summed E-state index contributed by atoms with van der Waals surface area (Å²) in [7, 11) is 0. The molecule has 6 rings (SSSR count). The smallest absolute Gasteiger partial charge is 0.419 e. The third kappa shape index (κ3) is 5.03. The predicted octanol–water partition coefficient (Wildman–Crippen LogP) is 8.07. The van der Waals surface area contributed by atoms with Gasteiger partial charge in [-0.2, -0.15) is 13.2 Å². The van der Waals surface area contributed by atoms with Gasteiger partial charge < -0.3 is 25.1 Å². The van der Waals surface area contributed by atoms with Crippen molar-refractivity contribution < 1.29 is 27.0 Å². The number of nitrogen functional groups attached to an aromatic ring is 1. The van der Waals surface area contributed by atoms with E-state index in [2.05, 4.69) is 16.0 Å². The van der Waals surface area contributed by atoms with Crippen LogP contribution in [0.4, 0.5) is 34.6 Å². The van der Waals surface area contributed by atoms with Gasteiger partial charge in [0.2, 0.25) is 0 Å². The zero-order chi connectivity index (χ0) is 27.1. The van der Waals surface area contributed by atoms with Crippen LogP contribution in [0.5, 0.6) is 5.75 Å². The Morgan fingerprint density at radius 2 is 1.62 bits per heavy atom. The number of halogens is 4. The van der Waals surface area contributed by atoms with E-state index in [1.165, 1.54) is 6.07 Å². The van der Waals surface area contributed by atoms with Crippen molar-refractivity contribution in [1.29, 1.82) is 0 Å². The normalized spacial score (nSPS) is 16.8. The van der Waals surface area contributed by atoms with Crippen molar-refractivity contribution in [2.24, 2.45) is 0 Å². The molecule has 1 aliphatic carbocycles. The minimum atomic E-state index is -4.77. The fourth-order valence-corrected chi connectivity index (χ4v) is 5.39. The monoisotopic (exact) mass is 539 g/mol. The predicted molar refractivity (Wildman–Crippen MR) is 144 cm³/mol. The van der Waals surface area contributed by atoms with E-state index >= 15 is 0 Å². The molecule has 3 N–H and O–H groups in total. The number of fused-ring (bicyclic) bond motifs is 1. The van der Waals surface area contributed by atoms with Gasteiger partial charge in [0.05, 0.1) is 35.7 Å². The Morgan fingerprint density at radius 3 is 2.28 bits per heavy atom. The number of nitrogens with zero attached hydrogens (tertiary/aromatic N) is 1. The Morgan fingerprint density at radius 1 is 0.897 bits per heavy atom. The molecule has 0 amide bonds. The van der Waals surface area contributed by atoms with Gasteiger partial charge in [-0.15, -0.1) is 0 Å². The van der Waals surface area contributed by atoms with Gasteiger partial charge >= 0.3 is 6.18 Å². The van der Waals surface area contributed by atoms with E-state index in [1.54, 1.807) is 12.1 Å². The first-order chi connectivity index (χ1) is 18.8. The van der Waals surface area contributed by atoms with Crippen molar-refractivity contribution in [3.8, 4) is 17.0 Å². The largest absolute Gasteiger partial charge is 0.490 e. The second-order valence-electron chi connectivity index (χ2n) is 10.2. The number of nitrogens with two attached hydrogens (primary N) is 1. The summed E-state index contributed by atoms with van der Waals surface area (Å²) in [5, 5.41) is 3.90. The second-order valence-corrected chi connectivity index (χ2v) is 10.2. The quantitative estimate of drug-likeness (QED) is 0.243. The Kier molecular flexibility index (Phi) is 6.62. The fourth-order valence-electron chi connectivity index (χ4n) is 5.39. The minimum Gasteiger partial charge on any atom is -0.490 e. The topological polar surface area (TPSA) is 61.4 Å². The number of rotatable bonds is 6. The summed E-state index contributed by atoms with van der Waals surface area (Å²) in [4.78, 5) is 0. The molecule has 1 aromatic heterocycles. The zero-order valence-electron chi connectivity index (χ0n) is 21.2. The maximum atomic E-state index is 13.7. The third-order valence-electron chi connectivity index (χ3n) is 7.64. The number of benzene rings is 3. The molecule has 1 saturated heterocycles. The average Bonchev–Trinajstić information content (AvgIpc) is 3.16. The standard InChI is InChI=1S/C30H29F4N3O2/c31-26-11-8-20(16-25(26)30(32,33)34)36-19-6-4-18(5-7-19)29-28(35)24-10-9-23(39-22-12-14-38-15-13-22)17-27(24)37(29)21-2-1-3-21/h4-11,16-17,21-22,36H,1-3,12-15,35H2. The molecule has 3 aromatic carbocycles. The summed E-state index contributed by atoms with van der Waals surface area (Å²) < 4.78 is 67.1. The first kappa shape index (κ1) is 25.6. The molecule has 2 fully saturated rings. The van der Waals surface area contributed by atoms with Crippen LogP contribution in [0.2, 0.25) is 0 Å². The fraction of sp³-hybridized carbons (Fsp3) is 0.333. The minimum absolute atomic E-state index is 0.133. The summed E-state index contributed by atoms with van der Waals surface area (Å²) in [5.74, 6) is -0.486. The van der Waals surface area contributed by atoms with Crippen molar-refractivity contribution >= 4 is 28.0 Å². The number of ether oxygens (including phenoxy) is 2. The molecule has 2 aliphatic rings. The van der Waals surface area contributed by atoms with Crippen molar-refractivity contribution in [3.63, 3.8) is 0 Å². The molecule has 0 atom stereocenters. The molecule has 0 bridgehead atoms. The Hall–Kier alpha value is -3.72. The van der Waals surface area contributed by atoms with Crippen molar-refractivity contribution in [1.82, 2.24) is 4.57 Å². The second kappa shape index (κ2) is 10.1. The highest BCUT2D eigenvalue weighted by Gasteiger charge is 2.34. The molecule has 0 spiro atoms. The van der Waals surface area contributed by atoms with Crippen molar-refractivity contribution in [2.75, 3.05) is 24.3 Å². The summed E-state index contributed by atoms with van der Waals surface area (Å²) >= 11 is 0. The highest BCUT2D eigenvalue weighted by molar-refractivity contribution is 6.01. The molecule has 1 aliphatic heterocycles. The summed E-state index contributed by atoms with van der Waals surface area (Å²) in [6, 6.07) is 16.6. The van der Waals surface area contributed by atoms with Crippen LogP contribution >= 0.6 is 0 Å². The van der Waals surface area contributed by atoms with E-state index in [1.807, 2.05) is 24.3 Å². The van der Waals surface area contributed by atoms with Crippen molar-refractivity contribution in [2.45, 2.75) is 50.4 Å². The van der Waals surface area contributed by atoms with Crippen LogP contribution in [0.3, 0.4) is 0 Å². The van der Waals surface area contributed by atoms with Crippen LogP contribution in [0.15, 0.2) is 60.7 Å². The third-order valence-corrected chi connectivity index (χ3v) is 7.64.